The Kier molecular flexibility index (Phi) is 6.26. The molecule has 0 unspecified atom stereocenters. The SMILES string of the molecule is CNC(=S)N(CCc1ccc(OC)cc1)[C@H]1CC(=O)N(c2ccccc2)C1=O. The van der Waals surface area contributed by atoms with Crippen LogP contribution in [0.4, 0.5) is 5.69 Å². The molecule has 3 rings (SSSR count). The van der Waals surface area contributed by atoms with E-state index in [-0.39, 0.29) is 18.2 Å². The van der Waals surface area contributed by atoms with Gasteiger partial charge in [0.05, 0.1) is 19.2 Å². The number of methoxy groups -OCH3 is 1. The number of imide groups is 1. The number of carbonyl (C=O) groups is 2. The second kappa shape index (κ2) is 8.84. The number of anilines is 1. The molecule has 2 aromatic carbocycles. The summed E-state index contributed by atoms with van der Waals surface area (Å²) in [5.41, 5.74) is 1.69. The average molecular weight is 398 g/mol. The molecule has 146 valence electrons. The van der Waals surface area contributed by atoms with Crippen LogP contribution >= 0.6 is 12.2 Å². The maximum absolute atomic E-state index is 13.0. The number of rotatable bonds is 6. The minimum absolute atomic E-state index is 0.109. The summed E-state index contributed by atoms with van der Waals surface area (Å²) in [7, 11) is 3.35. The summed E-state index contributed by atoms with van der Waals surface area (Å²) in [4.78, 5) is 28.7. The molecule has 1 aliphatic heterocycles. The molecule has 1 N–H and O–H groups in total. The maximum atomic E-state index is 13.0. The first-order valence-corrected chi connectivity index (χ1v) is 9.49. The van der Waals surface area contributed by atoms with E-state index >= 15 is 0 Å². The fraction of sp³-hybridized carbons (Fsp3) is 0.286. The Hall–Kier alpha value is -2.93. The minimum atomic E-state index is -0.606. The Bertz CT molecular complexity index is 855. The molecule has 1 fully saturated rings. The van der Waals surface area contributed by atoms with Crippen LogP contribution in [0.25, 0.3) is 0 Å². The lowest BCUT2D eigenvalue weighted by Crippen LogP contribution is -2.49. The number of nitrogens with zero attached hydrogens (tertiary/aromatic N) is 2. The highest BCUT2D eigenvalue weighted by atomic mass is 32.1. The van der Waals surface area contributed by atoms with Gasteiger partial charge in [-0.15, -0.1) is 0 Å². The van der Waals surface area contributed by atoms with E-state index in [2.05, 4.69) is 5.32 Å². The van der Waals surface area contributed by atoms with Gasteiger partial charge in [-0.25, -0.2) is 4.90 Å². The van der Waals surface area contributed by atoms with Crippen molar-refractivity contribution in [2.75, 3.05) is 25.6 Å². The first-order chi connectivity index (χ1) is 13.5. The number of hydrogen-bond donors (Lipinski definition) is 1. The predicted molar refractivity (Wildman–Crippen MR) is 112 cm³/mol. The van der Waals surface area contributed by atoms with E-state index in [1.54, 1.807) is 26.3 Å². The van der Waals surface area contributed by atoms with Crippen LogP contribution in [0.1, 0.15) is 12.0 Å². The van der Waals surface area contributed by atoms with Crippen molar-refractivity contribution in [2.24, 2.45) is 0 Å². The highest BCUT2D eigenvalue weighted by molar-refractivity contribution is 7.80. The van der Waals surface area contributed by atoms with Crippen LogP contribution < -0.4 is 15.0 Å². The van der Waals surface area contributed by atoms with Gasteiger partial charge in [0, 0.05) is 13.6 Å². The Morgan fingerprint density at radius 2 is 1.86 bits per heavy atom. The van der Waals surface area contributed by atoms with Crippen molar-refractivity contribution in [1.29, 1.82) is 0 Å². The largest absolute Gasteiger partial charge is 0.497 e. The molecule has 28 heavy (non-hydrogen) atoms. The van der Waals surface area contributed by atoms with E-state index in [0.29, 0.717) is 23.8 Å². The lowest BCUT2D eigenvalue weighted by molar-refractivity contribution is -0.122. The molecule has 2 amide bonds. The zero-order chi connectivity index (χ0) is 20.1. The second-order valence-corrected chi connectivity index (χ2v) is 6.86. The van der Waals surface area contributed by atoms with Gasteiger partial charge in [-0.1, -0.05) is 30.3 Å². The van der Waals surface area contributed by atoms with Crippen LogP contribution in [0.3, 0.4) is 0 Å². The quantitative estimate of drug-likeness (QED) is 0.597. The fourth-order valence-corrected chi connectivity index (χ4v) is 3.51. The molecule has 7 heteroatoms. The highest BCUT2D eigenvalue weighted by Gasteiger charge is 2.43. The van der Waals surface area contributed by atoms with Gasteiger partial charge in [-0.05, 0) is 48.5 Å². The Balaban J connectivity index is 1.76. The molecule has 1 saturated heterocycles. The van der Waals surface area contributed by atoms with Crippen molar-refractivity contribution in [1.82, 2.24) is 10.2 Å². The summed E-state index contributed by atoms with van der Waals surface area (Å²) < 4.78 is 5.18. The van der Waals surface area contributed by atoms with Gasteiger partial charge >= 0.3 is 0 Å². The molecule has 2 aromatic rings. The molecule has 0 aliphatic carbocycles. The predicted octanol–water partition coefficient (Wildman–Crippen LogP) is 2.38. The third kappa shape index (κ3) is 4.14. The molecule has 0 saturated carbocycles. The number of para-hydroxylation sites is 1. The molecule has 1 atom stereocenters. The van der Waals surface area contributed by atoms with Gasteiger partial charge in [0.2, 0.25) is 5.91 Å². The van der Waals surface area contributed by atoms with Gasteiger partial charge in [0.25, 0.3) is 5.91 Å². The Labute approximate surface area is 170 Å². The van der Waals surface area contributed by atoms with Crippen molar-refractivity contribution >= 4 is 34.8 Å². The van der Waals surface area contributed by atoms with Gasteiger partial charge in [-0.3, -0.25) is 9.59 Å². The molecule has 0 spiro atoms. The number of hydrogen-bond acceptors (Lipinski definition) is 4. The number of thiocarbonyl (C=S) groups is 1. The van der Waals surface area contributed by atoms with E-state index in [9.17, 15) is 9.59 Å². The zero-order valence-corrected chi connectivity index (χ0v) is 16.7. The third-order valence-electron chi connectivity index (χ3n) is 4.79. The summed E-state index contributed by atoms with van der Waals surface area (Å²) in [6.07, 6.45) is 0.799. The van der Waals surface area contributed by atoms with Crippen molar-refractivity contribution in [3.8, 4) is 5.75 Å². The van der Waals surface area contributed by atoms with Crippen LogP contribution in [0.15, 0.2) is 54.6 Å². The smallest absolute Gasteiger partial charge is 0.257 e. The second-order valence-electron chi connectivity index (χ2n) is 6.47. The first-order valence-electron chi connectivity index (χ1n) is 9.08. The summed E-state index contributed by atoms with van der Waals surface area (Å²) in [5, 5.41) is 3.40. The van der Waals surface area contributed by atoms with Crippen LogP contribution in [0, 0.1) is 0 Å². The van der Waals surface area contributed by atoms with Crippen molar-refractivity contribution in [3.63, 3.8) is 0 Å². The molecule has 0 bridgehead atoms. The van der Waals surface area contributed by atoms with Gasteiger partial charge in [0.1, 0.15) is 11.8 Å². The third-order valence-corrected chi connectivity index (χ3v) is 5.23. The molecule has 0 aromatic heterocycles. The zero-order valence-electron chi connectivity index (χ0n) is 15.9. The summed E-state index contributed by atoms with van der Waals surface area (Å²) >= 11 is 5.43. The number of amides is 2. The standard InChI is InChI=1S/C21H23N3O3S/c1-22-21(28)23(13-12-15-8-10-17(27-2)11-9-15)18-14-19(25)24(20(18)26)16-6-4-3-5-7-16/h3-11,18H,12-14H2,1-2H3,(H,22,28)/t18-/m0/s1. The topological polar surface area (TPSA) is 61.9 Å². The van der Waals surface area contributed by atoms with Gasteiger partial charge in [0.15, 0.2) is 5.11 Å². The van der Waals surface area contributed by atoms with Crippen molar-refractivity contribution < 1.29 is 14.3 Å². The van der Waals surface area contributed by atoms with Crippen molar-refractivity contribution in [3.05, 3.63) is 60.2 Å². The Morgan fingerprint density at radius 3 is 2.46 bits per heavy atom. The molecule has 0 radical (unpaired) electrons. The molecular formula is C21H23N3O3S. The van der Waals surface area contributed by atoms with Crippen LogP contribution in [-0.2, 0) is 16.0 Å². The maximum Gasteiger partial charge on any atom is 0.257 e. The molecule has 1 heterocycles. The molecule has 6 nitrogen and oxygen atoms in total. The first kappa shape index (κ1) is 19.8. The van der Waals surface area contributed by atoms with E-state index in [1.807, 2.05) is 47.4 Å². The highest BCUT2D eigenvalue weighted by Crippen LogP contribution is 2.26. The normalized spacial score (nSPS) is 16.2. The summed E-state index contributed by atoms with van der Waals surface area (Å²) in [6, 6.07) is 16.1. The number of benzene rings is 2. The lowest BCUT2D eigenvalue weighted by Gasteiger charge is -2.29. The monoisotopic (exact) mass is 397 g/mol. The van der Waals surface area contributed by atoms with E-state index in [1.165, 1.54) is 4.90 Å². The van der Waals surface area contributed by atoms with Crippen LogP contribution in [0.5, 0.6) is 5.75 Å². The molecule has 1 aliphatic rings. The van der Waals surface area contributed by atoms with Crippen molar-refractivity contribution in [2.45, 2.75) is 18.9 Å². The van der Waals surface area contributed by atoms with E-state index in [4.69, 9.17) is 17.0 Å². The molecular weight excluding hydrogens is 374 g/mol. The van der Waals surface area contributed by atoms with Gasteiger partial charge in [-0.2, -0.15) is 0 Å². The average Bonchev–Trinajstić information content (AvgIpc) is 3.02. The number of ether oxygens (including phenoxy) is 1. The Morgan fingerprint density at radius 1 is 1.18 bits per heavy atom. The fourth-order valence-electron chi connectivity index (χ4n) is 3.29. The van der Waals surface area contributed by atoms with Gasteiger partial charge < -0.3 is 15.0 Å². The number of carbonyl (C=O) groups excluding carboxylic acids is 2. The van der Waals surface area contributed by atoms with E-state index < -0.39 is 6.04 Å². The minimum Gasteiger partial charge on any atom is -0.497 e. The van der Waals surface area contributed by atoms with Crippen LogP contribution in [-0.4, -0.2) is 48.6 Å². The number of nitrogens with one attached hydrogen (secondary N) is 1. The summed E-state index contributed by atoms with van der Waals surface area (Å²) in [5.74, 6) is 0.333. The van der Waals surface area contributed by atoms with E-state index in [0.717, 1.165) is 11.3 Å². The lowest BCUT2D eigenvalue weighted by atomic mass is 10.1. The summed E-state index contributed by atoms with van der Waals surface area (Å²) in [6.45, 7) is 0.526. The van der Waals surface area contributed by atoms with Crippen LogP contribution in [0.2, 0.25) is 0 Å².